The van der Waals surface area contributed by atoms with Gasteiger partial charge in [-0.05, 0) is 29.5 Å². The lowest BCUT2D eigenvalue weighted by atomic mass is 9.92. The Morgan fingerprint density at radius 1 is 1.12 bits per heavy atom. The summed E-state index contributed by atoms with van der Waals surface area (Å²) in [5.41, 5.74) is 2.14. The first kappa shape index (κ1) is 11.8. The number of hydrogen-bond donors (Lipinski definition) is 1. The quantitative estimate of drug-likeness (QED) is 0.871. The van der Waals surface area contributed by atoms with Crippen molar-refractivity contribution in [3.8, 4) is 0 Å². The van der Waals surface area contributed by atoms with Gasteiger partial charge in [-0.1, -0.05) is 43.3 Å². The summed E-state index contributed by atoms with van der Waals surface area (Å²) in [5.74, 6) is 0.182. The number of rotatable bonds is 4. The molecule has 2 heteroatoms. The van der Waals surface area contributed by atoms with Crippen LogP contribution in [-0.2, 0) is 6.42 Å². The molecule has 0 spiro atoms. The predicted octanol–water partition coefficient (Wildman–Crippen LogP) is 2.99. The molecule has 0 radical (unpaired) electrons. The second-order valence-corrected chi connectivity index (χ2v) is 4.40. The van der Waals surface area contributed by atoms with Crippen molar-refractivity contribution in [2.45, 2.75) is 19.4 Å². The predicted molar refractivity (Wildman–Crippen MR) is 68.5 cm³/mol. The van der Waals surface area contributed by atoms with Crippen LogP contribution >= 0.6 is 0 Å². The van der Waals surface area contributed by atoms with Crippen LogP contribution in [0.3, 0.4) is 0 Å². The first-order valence-electron chi connectivity index (χ1n) is 5.89. The number of benzene rings is 1. The molecule has 1 N–H and O–H groups in total. The van der Waals surface area contributed by atoms with E-state index in [0.29, 0.717) is 0 Å². The van der Waals surface area contributed by atoms with E-state index >= 15 is 0 Å². The highest BCUT2D eigenvalue weighted by molar-refractivity contribution is 5.19. The normalized spacial score (nSPS) is 14.2. The number of aromatic nitrogens is 1. The van der Waals surface area contributed by atoms with E-state index < -0.39 is 6.10 Å². The number of aliphatic hydroxyl groups excluding tert-OH is 1. The summed E-state index contributed by atoms with van der Waals surface area (Å²) < 4.78 is 0. The minimum absolute atomic E-state index is 0.182. The summed E-state index contributed by atoms with van der Waals surface area (Å²) in [6.07, 6.45) is 4.04. The standard InChI is InChI=1S/C15H17NO/c1-12(10-13-6-5-9-16-11-13)15(17)14-7-3-2-4-8-14/h2-9,11-12,15,17H,10H2,1H3. The molecule has 1 aromatic heterocycles. The summed E-state index contributed by atoms with van der Waals surface area (Å²) in [4.78, 5) is 4.09. The Morgan fingerprint density at radius 2 is 1.88 bits per heavy atom. The molecule has 2 rings (SSSR count). The molecule has 0 aliphatic carbocycles. The van der Waals surface area contributed by atoms with Crippen LogP contribution in [0.25, 0.3) is 0 Å². The summed E-state index contributed by atoms with van der Waals surface area (Å²) in [5, 5.41) is 10.2. The van der Waals surface area contributed by atoms with Gasteiger partial charge in [-0.15, -0.1) is 0 Å². The van der Waals surface area contributed by atoms with Gasteiger partial charge in [0.2, 0.25) is 0 Å². The average molecular weight is 227 g/mol. The van der Waals surface area contributed by atoms with E-state index in [9.17, 15) is 5.11 Å². The topological polar surface area (TPSA) is 33.1 Å². The molecule has 17 heavy (non-hydrogen) atoms. The Morgan fingerprint density at radius 3 is 2.53 bits per heavy atom. The van der Waals surface area contributed by atoms with Crippen molar-refractivity contribution >= 4 is 0 Å². The molecule has 2 aromatic rings. The number of hydrogen-bond acceptors (Lipinski definition) is 2. The lowest BCUT2D eigenvalue weighted by molar-refractivity contribution is 0.117. The molecule has 0 saturated heterocycles. The van der Waals surface area contributed by atoms with E-state index in [2.05, 4.69) is 11.9 Å². The maximum Gasteiger partial charge on any atom is 0.0818 e. The van der Waals surface area contributed by atoms with Gasteiger partial charge in [-0.3, -0.25) is 4.98 Å². The van der Waals surface area contributed by atoms with Crippen LogP contribution in [0.15, 0.2) is 54.9 Å². The molecular weight excluding hydrogens is 210 g/mol. The van der Waals surface area contributed by atoms with E-state index in [0.717, 1.165) is 17.5 Å². The summed E-state index contributed by atoms with van der Waals surface area (Å²) in [7, 11) is 0. The molecule has 0 saturated carbocycles. The van der Waals surface area contributed by atoms with Gasteiger partial charge in [-0.25, -0.2) is 0 Å². The molecule has 0 bridgehead atoms. The molecule has 0 aliphatic heterocycles. The summed E-state index contributed by atoms with van der Waals surface area (Å²) in [6, 6.07) is 13.8. The second kappa shape index (κ2) is 5.60. The van der Waals surface area contributed by atoms with Crippen LogP contribution < -0.4 is 0 Å². The molecule has 88 valence electrons. The monoisotopic (exact) mass is 227 g/mol. The zero-order valence-electron chi connectivity index (χ0n) is 9.95. The molecule has 2 atom stereocenters. The van der Waals surface area contributed by atoms with Crippen LogP contribution in [0, 0.1) is 5.92 Å². The third-order valence-corrected chi connectivity index (χ3v) is 2.96. The SMILES string of the molecule is CC(Cc1cccnc1)C(O)c1ccccc1. The van der Waals surface area contributed by atoms with Gasteiger partial charge in [0.05, 0.1) is 6.10 Å². The Hall–Kier alpha value is -1.67. The lowest BCUT2D eigenvalue weighted by Crippen LogP contribution is -2.12. The van der Waals surface area contributed by atoms with Crippen LogP contribution in [0.1, 0.15) is 24.2 Å². The number of nitrogens with zero attached hydrogens (tertiary/aromatic N) is 1. The highest BCUT2D eigenvalue weighted by Gasteiger charge is 2.16. The fourth-order valence-corrected chi connectivity index (χ4v) is 1.98. The molecular formula is C15H17NO. The fourth-order valence-electron chi connectivity index (χ4n) is 1.98. The molecule has 2 unspecified atom stereocenters. The number of aliphatic hydroxyl groups is 1. The zero-order valence-corrected chi connectivity index (χ0v) is 9.95. The highest BCUT2D eigenvalue weighted by atomic mass is 16.3. The van der Waals surface area contributed by atoms with Gasteiger partial charge in [0.25, 0.3) is 0 Å². The van der Waals surface area contributed by atoms with Crippen LogP contribution in [0.4, 0.5) is 0 Å². The van der Waals surface area contributed by atoms with Gasteiger partial charge in [0, 0.05) is 12.4 Å². The fraction of sp³-hybridized carbons (Fsp3) is 0.267. The van der Waals surface area contributed by atoms with Crippen molar-refractivity contribution in [1.29, 1.82) is 0 Å². The van der Waals surface area contributed by atoms with Gasteiger partial charge in [-0.2, -0.15) is 0 Å². The third kappa shape index (κ3) is 3.14. The Kier molecular flexibility index (Phi) is 3.89. The van der Waals surface area contributed by atoms with Crippen LogP contribution in [0.5, 0.6) is 0 Å². The molecule has 0 amide bonds. The van der Waals surface area contributed by atoms with Gasteiger partial charge < -0.3 is 5.11 Å². The zero-order chi connectivity index (χ0) is 12.1. The van der Waals surface area contributed by atoms with E-state index in [1.54, 1.807) is 6.20 Å². The maximum absolute atomic E-state index is 10.2. The third-order valence-electron chi connectivity index (χ3n) is 2.96. The Labute approximate surface area is 102 Å². The first-order chi connectivity index (χ1) is 8.27. The largest absolute Gasteiger partial charge is 0.388 e. The second-order valence-electron chi connectivity index (χ2n) is 4.40. The molecule has 0 fully saturated rings. The molecule has 1 heterocycles. The maximum atomic E-state index is 10.2. The van der Waals surface area contributed by atoms with Crippen molar-refractivity contribution < 1.29 is 5.11 Å². The average Bonchev–Trinajstić information content (AvgIpc) is 2.40. The van der Waals surface area contributed by atoms with Crippen LogP contribution in [-0.4, -0.2) is 10.1 Å². The Balaban J connectivity index is 2.03. The van der Waals surface area contributed by atoms with Gasteiger partial charge >= 0.3 is 0 Å². The smallest absolute Gasteiger partial charge is 0.0818 e. The summed E-state index contributed by atoms with van der Waals surface area (Å²) in [6.45, 7) is 2.06. The van der Waals surface area contributed by atoms with Gasteiger partial charge in [0.15, 0.2) is 0 Å². The number of pyridine rings is 1. The van der Waals surface area contributed by atoms with Crippen molar-refractivity contribution in [3.05, 3.63) is 66.0 Å². The minimum Gasteiger partial charge on any atom is -0.388 e. The Bertz CT molecular complexity index is 441. The van der Waals surface area contributed by atoms with Crippen molar-refractivity contribution in [2.75, 3.05) is 0 Å². The van der Waals surface area contributed by atoms with E-state index in [1.807, 2.05) is 48.7 Å². The molecule has 1 aromatic carbocycles. The lowest BCUT2D eigenvalue weighted by Gasteiger charge is -2.19. The van der Waals surface area contributed by atoms with Crippen molar-refractivity contribution in [3.63, 3.8) is 0 Å². The molecule has 0 aliphatic rings. The van der Waals surface area contributed by atoms with Gasteiger partial charge in [0.1, 0.15) is 0 Å². The van der Waals surface area contributed by atoms with Crippen molar-refractivity contribution in [1.82, 2.24) is 4.98 Å². The van der Waals surface area contributed by atoms with E-state index in [1.165, 1.54) is 0 Å². The molecule has 2 nitrogen and oxygen atoms in total. The first-order valence-corrected chi connectivity index (χ1v) is 5.89. The minimum atomic E-state index is -0.420. The van der Waals surface area contributed by atoms with E-state index in [-0.39, 0.29) is 5.92 Å². The summed E-state index contributed by atoms with van der Waals surface area (Å²) >= 11 is 0. The highest BCUT2D eigenvalue weighted by Crippen LogP contribution is 2.24. The van der Waals surface area contributed by atoms with Crippen LogP contribution in [0.2, 0.25) is 0 Å². The van der Waals surface area contributed by atoms with E-state index in [4.69, 9.17) is 0 Å². The van der Waals surface area contributed by atoms with Crippen molar-refractivity contribution in [2.24, 2.45) is 5.92 Å².